The van der Waals surface area contributed by atoms with E-state index in [0.717, 1.165) is 4.31 Å². The Morgan fingerprint density at radius 2 is 1.85 bits per heavy atom. The lowest BCUT2D eigenvalue weighted by Crippen LogP contribution is -2.23. The van der Waals surface area contributed by atoms with Crippen LogP contribution in [0.3, 0.4) is 0 Å². The molecule has 0 heterocycles. The fourth-order valence-electron chi connectivity index (χ4n) is 2.00. The summed E-state index contributed by atoms with van der Waals surface area (Å²) in [6.07, 6.45) is 0. The third-order valence-corrected chi connectivity index (χ3v) is 6.23. The molecule has 0 saturated carbocycles. The number of sulfonamides is 1. The van der Waals surface area contributed by atoms with Crippen molar-refractivity contribution >= 4 is 31.9 Å². The van der Waals surface area contributed by atoms with Crippen molar-refractivity contribution in [3.8, 4) is 17.6 Å². The Labute approximate surface area is 159 Å². The first-order chi connectivity index (χ1) is 12.2. The molecule has 0 unspecified atom stereocenters. The summed E-state index contributed by atoms with van der Waals surface area (Å²) in [7, 11) is 0.438. The average molecular weight is 439 g/mol. The Morgan fingerprint density at radius 1 is 1.15 bits per heavy atom. The minimum atomic E-state index is -3.74. The van der Waals surface area contributed by atoms with Crippen LogP contribution in [0.15, 0.2) is 45.8 Å². The zero-order valence-corrected chi connectivity index (χ0v) is 16.6. The number of benzene rings is 2. The van der Waals surface area contributed by atoms with E-state index in [1.165, 1.54) is 57.6 Å². The lowest BCUT2D eigenvalue weighted by Gasteiger charge is -2.14. The summed E-state index contributed by atoms with van der Waals surface area (Å²) in [5.41, 5.74) is 0.407. The summed E-state index contributed by atoms with van der Waals surface area (Å²) in [6.45, 7) is 0. The van der Waals surface area contributed by atoms with Crippen LogP contribution in [0.25, 0.3) is 0 Å². The second kappa shape index (κ2) is 7.86. The van der Waals surface area contributed by atoms with Crippen LogP contribution in [0, 0.1) is 11.3 Å². The number of carbonyl (C=O) groups is 1. The Morgan fingerprint density at radius 3 is 2.42 bits per heavy atom. The Bertz CT molecular complexity index is 997. The predicted octanol–water partition coefficient (Wildman–Crippen LogP) is 2.80. The number of halogens is 1. The molecule has 2 rings (SSSR count). The zero-order chi connectivity index (χ0) is 19.5. The number of hydrogen-bond acceptors (Lipinski definition) is 6. The van der Waals surface area contributed by atoms with Gasteiger partial charge >= 0.3 is 5.97 Å². The normalized spacial score (nSPS) is 11.1. The molecule has 0 bridgehead atoms. The number of carbonyl (C=O) groups excluding carboxylic acids is 1. The fourth-order valence-corrected chi connectivity index (χ4v) is 3.85. The summed E-state index contributed by atoms with van der Waals surface area (Å²) in [5.74, 6) is -0.414. The maximum absolute atomic E-state index is 12.4. The van der Waals surface area contributed by atoms with E-state index in [1.807, 2.05) is 6.07 Å². The molecule has 9 heteroatoms. The molecular formula is C17H15BrN2O5S. The lowest BCUT2D eigenvalue weighted by atomic mass is 10.2. The molecule has 2 aromatic rings. The van der Waals surface area contributed by atoms with Crippen molar-refractivity contribution in [2.24, 2.45) is 0 Å². The van der Waals surface area contributed by atoms with E-state index in [9.17, 15) is 13.2 Å². The molecule has 0 atom stereocenters. The van der Waals surface area contributed by atoms with Gasteiger partial charge in [-0.1, -0.05) is 0 Å². The summed E-state index contributed by atoms with van der Waals surface area (Å²) < 4.78 is 36.5. The van der Waals surface area contributed by atoms with Gasteiger partial charge in [-0.3, -0.25) is 0 Å². The summed E-state index contributed by atoms with van der Waals surface area (Å²) in [5, 5.41) is 8.91. The molecule has 0 aromatic heterocycles. The fraction of sp³-hybridized carbons (Fsp3) is 0.176. The van der Waals surface area contributed by atoms with E-state index < -0.39 is 16.0 Å². The monoisotopic (exact) mass is 438 g/mol. The first kappa shape index (κ1) is 19.9. The van der Waals surface area contributed by atoms with Gasteiger partial charge in [-0.2, -0.15) is 5.26 Å². The number of nitrogens with zero attached hydrogens (tertiary/aromatic N) is 2. The van der Waals surface area contributed by atoms with E-state index in [0.29, 0.717) is 10.0 Å². The van der Waals surface area contributed by atoms with E-state index in [1.54, 1.807) is 0 Å². The van der Waals surface area contributed by atoms with Crippen LogP contribution in [0.4, 0.5) is 0 Å². The van der Waals surface area contributed by atoms with Crippen LogP contribution < -0.4 is 9.47 Å². The number of esters is 1. The van der Waals surface area contributed by atoms with E-state index in [4.69, 9.17) is 14.7 Å². The third-order valence-electron chi connectivity index (χ3n) is 3.42. The van der Waals surface area contributed by atoms with E-state index in [2.05, 4.69) is 15.9 Å². The second-order valence-corrected chi connectivity index (χ2v) is 8.27. The van der Waals surface area contributed by atoms with Crippen molar-refractivity contribution in [2.45, 2.75) is 4.90 Å². The molecule has 26 heavy (non-hydrogen) atoms. The quantitative estimate of drug-likeness (QED) is 0.525. The minimum absolute atomic E-state index is 0.0521. The van der Waals surface area contributed by atoms with Gasteiger partial charge in [0.1, 0.15) is 0 Å². The van der Waals surface area contributed by atoms with Gasteiger partial charge < -0.3 is 9.47 Å². The van der Waals surface area contributed by atoms with Gasteiger partial charge in [-0.05, 0) is 46.3 Å². The highest BCUT2D eigenvalue weighted by Crippen LogP contribution is 2.30. The number of hydrogen-bond donors (Lipinski definition) is 0. The second-order valence-electron chi connectivity index (χ2n) is 5.30. The van der Waals surface area contributed by atoms with Crippen LogP contribution >= 0.6 is 15.9 Å². The molecule has 0 spiro atoms. The van der Waals surface area contributed by atoms with Gasteiger partial charge in [0, 0.05) is 24.6 Å². The van der Waals surface area contributed by atoms with Gasteiger partial charge in [-0.15, -0.1) is 0 Å². The first-order valence-electron chi connectivity index (χ1n) is 7.23. The highest BCUT2D eigenvalue weighted by atomic mass is 79.9. The van der Waals surface area contributed by atoms with Crippen molar-refractivity contribution in [3.05, 3.63) is 52.0 Å². The molecule has 0 amide bonds. The molecule has 0 N–H and O–H groups in total. The maximum Gasteiger partial charge on any atom is 0.343 e. The molecule has 2 aromatic carbocycles. The molecule has 0 fully saturated rings. The first-order valence-corrected chi connectivity index (χ1v) is 9.46. The number of rotatable bonds is 5. The van der Waals surface area contributed by atoms with Crippen LogP contribution in [0.2, 0.25) is 0 Å². The van der Waals surface area contributed by atoms with Crippen molar-refractivity contribution in [3.63, 3.8) is 0 Å². The smallest absolute Gasteiger partial charge is 0.343 e. The van der Waals surface area contributed by atoms with Gasteiger partial charge in [0.2, 0.25) is 10.0 Å². The standard InChI is InChI=1S/C17H15BrN2O5S/c1-20(2)26(22,23)16-9-12(5-6-13(16)18)17(21)25-14-7-4-11(10-19)8-15(14)24-3/h4-9H,1-3H3. The van der Waals surface area contributed by atoms with E-state index in [-0.39, 0.29) is 22.0 Å². The van der Waals surface area contributed by atoms with Crippen LogP contribution in [0.5, 0.6) is 11.5 Å². The Balaban J connectivity index is 2.39. The molecular weight excluding hydrogens is 424 g/mol. The van der Waals surface area contributed by atoms with Crippen LogP contribution in [0.1, 0.15) is 15.9 Å². The van der Waals surface area contributed by atoms with Crippen LogP contribution in [-0.4, -0.2) is 39.9 Å². The number of methoxy groups -OCH3 is 1. The summed E-state index contributed by atoms with van der Waals surface area (Å²) >= 11 is 3.18. The SMILES string of the molecule is COc1cc(C#N)ccc1OC(=O)c1ccc(Br)c(S(=O)(=O)N(C)C)c1. The molecule has 7 nitrogen and oxygen atoms in total. The van der Waals surface area contributed by atoms with Crippen LogP contribution in [-0.2, 0) is 10.0 Å². The molecule has 0 aliphatic heterocycles. The molecule has 0 aliphatic rings. The van der Waals surface area contributed by atoms with Gasteiger partial charge in [0.05, 0.1) is 29.2 Å². The highest BCUT2D eigenvalue weighted by molar-refractivity contribution is 9.10. The van der Waals surface area contributed by atoms with Crippen molar-refractivity contribution in [2.75, 3.05) is 21.2 Å². The summed E-state index contributed by atoms with van der Waals surface area (Å²) in [6, 6.07) is 10.4. The van der Waals surface area contributed by atoms with Gasteiger partial charge in [0.15, 0.2) is 11.5 Å². The van der Waals surface area contributed by atoms with Gasteiger partial charge in [0.25, 0.3) is 0 Å². The Hall–Kier alpha value is -2.41. The number of nitriles is 1. The lowest BCUT2D eigenvalue weighted by molar-refractivity contribution is 0.0729. The number of ether oxygens (including phenoxy) is 2. The average Bonchev–Trinajstić information content (AvgIpc) is 2.61. The largest absolute Gasteiger partial charge is 0.493 e. The predicted molar refractivity (Wildman–Crippen MR) is 97.7 cm³/mol. The zero-order valence-electron chi connectivity index (χ0n) is 14.2. The molecule has 0 saturated heterocycles. The topological polar surface area (TPSA) is 96.7 Å². The highest BCUT2D eigenvalue weighted by Gasteiger charge is 2.23. The van der Waals surface area contributed by atoms with Gasteiger partial charge in [-0.25, -0.2) is 17.5 Å². The van der Waals surface area contributed by atoms with Crippen molar-refractivity contribution in [1.82, 2.24) is 4.31 Å². The summed E-state index contributed by atoms with van der Waals surface area (Å²) in [4.78, 5) is 12.4. The molecule has 0 radical (unpaired) electrons. The van der Waals surface area contributed by atoms with Crippen molar-refractivity contribution < 1.29 is 22.7 Å². The molecule has 0 aliphatic carbocycles. The molecule has 136 valence electrons. The minimum Gasteiger partial charge on any atom is -0.493 e. The van der Waals surface area contributed by atoms with Crippen molar-refractivity contribution in [1.29, 1.82) is 5.26 Å². The van der Waals surface area contributed by atoms with E-state index >= 15 is 0 Å². The third kappa shape index (κ3) is 4.04. The Kier molecular flexibility index (Phi) is 6.02. The maximum atomic E-state index is 12.4.